The molecule has 0 atom stereocenters. The zero-order valence-electron chi connectivity index (χ0n) is 8.21. The van der Waals surface area contributed by atoms with Crippen LogP contribution in [0.15, 0.2) is 24.3 Å². The van der Waals surface area contributed by atoms with Gasteiger partial charge in [-0.2, -0.15) is 0 Å². The number of carbonyl (C=O) groups is 4. The Morgan fingerprint density at radius 3 is 2.00 bits per heavy atom. The Labute approximate surface area is 89.9 Å². The van der Waals surface area contributed by atoms with Crippen molar-refractivity contribution in [1.29, 1.82) is 0 Å². The van der Waals surface area contributed by atoms with Gasteiger partial charge in [0, 0.05) is 24.3 Å². The smallest absolute Gasteiger partial charge is 0.338 e. The van der Waals surface area contributed by atoms with Crippen molar-refractivity contribution in [1.82, 2.24) is 0 Å². The molecule has 0 bridgehead atoms. The predicted molar refractivity (Wildman–Crippen MR) is 49.0 cm³/mol. The van der Waals surface area contributed by atoms with Gasteiger partial charge in [0.25, 0.3) is 0 Å². The zero-order chi connectivity index (χ0) is 12.6. The first kappa shape index (κ1) is 13.6. The quantitative estimate of drug-likeness (QED) is 0.383. The Morgan fingerprint density at radius 1 is 1.25 bits per heavy atom. The average molecular weight is 228 g/mol. The lowest BCUT2D eigenvalue weighted by Crippen LogP contribution is -1.96. The monoisotopic (exact) mass is 228 g/mol. The average Bonchev–Trinajstić information content (AvgIpc) is 2.59. The van der Waals surface area contributed by atoms with E-state index in [2.05, 4.69) is 9.47 Å². The first-order chi connectivity index (χ1) is 7.45. The summed E-state index contributed by atoms with van der Waals surface area (Å²) in [4.78, 5) is 39.7. The van der Waals surface area contributed by atoms with Crippen molar-refractivity contribution in [3.05, 3.63) is 24.3 Å². The van der Waals surface area contributed by atoms with E-state index in [0.29, 0.717) is 6.08 Å². The maximum Gasteiger partial charge on any atom is 0.338 e. The molecule has 1 N–H and O–H groups in total. The number of rotatable bonds is 2. The van der Waals surface area contributed by atoms with E-state index in [4.69, 9.17) is 5.11 Å². The van der Waals surface area contributed by atoms with Gasteiger partial charge in [0.2, 0.25) is 0 Å². The van der Waals surface area contributed by atoms with Crippen molar-refractivity contribution < 1.29 is 33.8 Å². The van der Waals surface area contributed by atoms with Gasteiger partial charge in [-0.3, -0.25) is 0 Å². The number of cyclic esters (lactones) is 2. The highest BCUT2D eigenvalue weighted by molar-refractivity contribution is 6.04. The third-order valence-corrected chi connectivity index (χ3v) is 1.12. The molecule has 0 aromatic heterocycles. The summed E-state index contributed by atoms with van der Waals surface area (Å²) in [5.74, 6) is -2.99. The summed E-state index contributed by atoms with van der Waals surface area (Å²) in [7, 11) is 1.18. The van der Waals surface area contributed by atoms with Crippen LogP contribution in [-0.4, -0.2) is 36.1 Å². The van der Waals surface area contributed by atoms with Crippen LogP contribution in [0.25, 0.3) is 0 Å². The third-order valence-electron chi connectivity index (χ3n) is 1.12. The van der Waals surface area contributed by atoms with Gasteiger partial charge in [0.15, 0.2) is 0 Å². The fourth-order valence-electron chi connectivity index (χ4n) is 0.511. The molecule has 7 nitrogen and oxygen atoms in total. The molecule has 7 heteroatoms. The molecule has 0 aliphatic carbocycles. The maximum atomic E-state index is 10.1. The van der Waals surface area contributed by atoms with E-state index in [-0.39, 0.29) is 0 Å². The standard InChI is InChI=1S/C5H6O4.C4H2O3/c1-9-5(8)3-2-4(6)7;5-3-1-2-4(6)7-3/h2-3H,1H3,(H,6,7);1-2H/b3-2+;. The van der Waals surface area contributed by atoms with Gasteiger partial charge in [0.05, 0.1) is 7.11 Å². The number of carboxylic acid groups (broad SMARTS) is 1. The summed E-state index contributed by atoms with van der Waals surface area (Å²) >= 11 is 0. The van der Waals surface area contributed by atoms with Gasteiger partial charge in [-0.1, -0.05) is 0 Å². The summed E-state index contributed by atoms with van der Waals surface area (Å²) in [5, 5.41) is 7.96. The largest absolute Gasteiger partial charge is 0.478 e. The van der Waals surface area contributed by atoms with Crippen LogP contribution >= 0.6 is 0 Å². The molecule has 86 valence electrons. The molecule has 0 amide bonds. The van der Waals surface area contributed by atoms with Gasteiger partial charge in [-0.05, 0) is 0 Å². The Bertz CT molecular complexity index is 348. The molecular formula is C9H8O7. The number of carbonyl (C=O) groups excluding carboxylic acids is 3. The van der Waals surface area contributed by atoms with Crippen LogP contribution in [0.3, 0.4) is 0 Å². The second-order valence-corrected chi connectivity index (χ2v) is 2.27. The molecule has 0 fully saturated rings. The van der Waals surface area contributed by atoms with Crippen molar-refractivity contribution in [3.8, 4) is 0 Å². The first-order valence-corrected chi connectivity index (χ1v) is 3.88. The molecule has 0 aromatic rings. The normalized spacial score (nSPS) is 13.1. The minimum absolute atomic E-state index is 0.579. The first-order valence-electron chi connectivity index (χ1n) is 3.88. The highest BCUT2D eigenvalue weighted by atomic mass is 16.6. The van der Waals surface area contributed by atoms with E-state index in [1.807, 2.05) is 0 Å². The van der Waals surface area contributed by atoms with Crippen molar-refractivity contribution in [3.63, 3.8) is 0 Å². The highest BCUT2D eigenvalue weighted by Gasteiger charge is 2.10. The maximum absolute atomic E-state index is 10.1. The van der Waals surface area contributed by atoms with Crippen LogP contribution in [0.1, 0.15) is 0 Å². The van der Waals surface area contributed by atoms with Gasteiger partial charge < -0.3 is 14.6 Å². The molecular weight excluding hydrogens is 220 g/mol. The fraction of sp³-hybridized carbons (Fsp3) is 0.111. The zero-order valence-corrected chi connectivity index (χ0v) is 8.21. The number of hydrogen-bond donors (Lipinski definition) is 1. The van der Waals surface area contributed by atoms with Gasteiger partial charge in [-0.15, -0.1) is 0 Å². The summed E-state index contributed by atoms with van der Waals surface area (Å²) in [5.41, 5.74) is 0. The molecule has 0 saturated heterocycles. The second kappa shape index (κ2) is 6.93. The Hall–Kier alpha value is -2.44. The van der Waals surface area contributed by atoms with Crippen molar-refractivity contribution >= 4 is 23.9 Å². The highest BCUT2D eigenvalue weighted by Crippen LogP contribution is 1.92. The number of aliphatic carboxylic acids is 1. The van der Waals surface area contributed by atoms with Crippen molar-refractivity contribution in [2.24, 2.45) is 0 Å². The molecule has 0 aromatic carbocycles. The SMILES string of the molecule is COC(=O)/C=C/C(=O)O.O=C1C=CC(=O)O1. The number of carboxylic acids is 1. The van der Waals surface area contributed by atoms with Crippen LogP contribution in [0.2, 0.25) is 0 Å². The van der Waals surface area contributed by atoms with Gasteiger partial charge in [-0.25, -0.2) is 19.2 Å². The lowest BCUT2D eigenvalue weighted by Gasteiger charge is -1.85. The molecule has 0 spiro atoms. The van der Waals surface area contributed by atoms with E-state index < -0.39 is 23.9 Å². The molecule has 1 aliphatic rings. The number of esters is 3. The van der Waals surface area contributed by atoms with Crippen LogP contribution < -0.4 is 0 Å². The molecule has 1 heterocycles. The number of ether oxygens (including phenoxy) is 2. The van der Waals surface area contributed by atoms with Crippen LogP contribution in [0, 0.1) is 0 Å². The molecule has 0 saturated carbocycles. The van der Waals surface area contributed by atoms with Crippen LogP contribution in [0.5, 0.6) is 0 Å². The molecule has 1 aliphatic heterocycles. The minimum Gasteiger partial charge on any atom is -0.478 e. The topological polar surface area (TPSA) is 107 Å². The predicted octanol–water partition coefficient (Wildman–Crippen LogP) is -0.574. The molecule has 0 radical (unpaired) electrons. The van der Waals surface area contributed by atoms with Crippen molar-refractivity contribution in [2.75, 3.05) is 7.11 Å². The summed E-state index contributed by atoms with van der Waals surface area (Å²) in [6.45, 7) is 0. The van der Waals surface area contributed by atoms with Gasteiger partial charge in [0.1, 0.15) is 0 Å². The Kier molecular flexibility index (Phi) is 5.88. The third kappa shape index (κ3) is 7.01. The van der Waals surface area contributed by atoms with Crippen LogP contribution in [0.4, 0.5) is 0 Å². The minimum atomic E-state index is -1.17. The van der Waals surface area contributed by atoms with E-state index >= 15 is 0 Å². The second-order valence-electron chi connectivity index (χ2n) is 2.27. The summed E-state index contributed by atoms with van der Waals surface area (Å²) < 4.78 is 8.08. The van der Waals surface area contributed by atoms with Crippen molar-refractivity contribution in [2.45, 2.75) is 0 Å². The molecule has 1 rings (SSSR count). The number of methoxy groups -OCH3 is 1. The van der Waals surface area contributed by atoms with Gasteiger partial charge >= 0.3 is 23.9 Å². The fourth-order valence-corrected chi connectivity index (χ4v) is 0.511. The van der Waals surface area contributed by atoms with E-state index in [1.165, 1.54) is 7.11 Å². The van der Waals surface area contributed by atoms with E-state index in [9.17, 15) is 19.2 Å². The number of hydrogen-bond acceptors (Lipinski definition) is 6. The van der Waals surface area contributed by atoms with E-state index in [0.717, 1.165) is 18.2 Å². The van der Waals surface area contributed by atoms with E-state index in [1.54, 1.807) is 0 Å². The lowest BCUT2D eigenvalue weighted by molar-refractivity contribution is -0.150. The molecule has 0 unspecified atom stereocenters. The molecule has 16 heavy (non-hydrogen) atoms. The summed E-state index contributed by atoms with van der Waals surface area (Å²) in [6.07, 6.45) is 3.72. The Balaban J connectivity index is 0.000000288. The lowest BCUT2D eigenvalue weighted by atomic mass is 10.5. The Morgan fingerprint density at radius 2 is 1.75 bits per heavy atom. The summed E-state index contributed by atoms with van der Waals surface area (Å²) in [6, 6.07) is 0. The van der Waals surface area contributed by atoms with Crippen LogP contribution in [-0.2, 0) is 28.7 Å².